The lowest BCUT2D eigenvalue weighted by molar-refractivity contribution is -0.153. The van der Waals surface area contributed by atoms with Crippen LogP contribution in [0.25, 0.3) is 0 Å². The molecule has 2 nitrogen and oxygen atoms in total. The summed E-state index contributed by atoms with van der Waals surface area (Å²) in [5.41, 5.74) is 1.11. The highest BCUT2D eigenvalue weighted by Gasteiger charge is 2.18. The summed E-state index contributed by atoms with van der Waals surface area (Å²) in [6.45, 7) is 2.90. The van der Waals surface area contributed by atoms with E-state index in [-0.39, 0.29) is 6.29 Å². The molecule has 76 valence electrons. The lowest BCUT2D eigenvalue weighted by Gasteiger charge is -2.18. The summed E-state index contributed by atoms with van der Waals surface area (Å²) in [5.74, 6) is 0. The van der Waals surface area contributed by atoms with Gasteiger partial charge in [-0.3, -0.25) is 0 Å². The van der Waals surface area contributed by atoms with Crippen LogP contribution in [0.4, 0.5) is 0 Å². The SMILES string of the molecule is CC1CCCOC(c2ccccc2)O1. The third-order valence-corrected chi connectivity index (χ3v) is 2.45. The fourth-order valence-corrected chi connectivity index (χ4v) is 1.66. The van der Waals surface area contributed by atoms with Gasteiger partial charge in [0.25, 0.3) is 0 Å². The number of hydrogen-bond donors (Lipinski definition) is 0. The average Bonchev–Trinajstić information content (AvgIpc) is 2.44. The Morgan fingerprint density at radius 1 is 1.21 bits per heavy atom. The summed E-state index contributed by atoms with van der Waals surface area (Å²) in [5, 5.41) is 0. The van der Waals surface area contributed by atoms with Crippen molar-refractivity contribution in [2.75, 3.05) is 6.61 Å². The zero-order valence-corrected chi connectivity index (χ0v) is 8.48. The fraction of sp³-hybridized carbons (Fsp3) is 0.500. The van der Waals surface area contributed by atoms with E-state index in [0.717, 1.165) is 25.0 Å². The van der Waals surface area contributed by atoms with Gasteiger partial charge in [0.05, 0.1) is 12.7 Å². The lowest BCUT2D eigenvalue weighted by atomic mass is 10.2. The van der Waals surface area contributed by atoms with Crippen LogP contribution in [0.15, 0.2) is 30.3 Å². The molecule has 1 heterocycles. The summed E-state index contributed by atoms with van der Waals surface area (Å²) in [7, 11) is 0. The minimum atomic E-state index is -0.173. The monoisotopic (exact) mass is 192 g/mol. The van der Waals surface area contributed by atoms with E-state index in [9.17, 15) is 0 Å². The molecule has 2 heteroatoms. The maximum Gasteiger partial charge on any atom is 0.184 e. The van der Waals surface area contributed by atoms with Gasteiger partial charge in [-0.25, -0.2) is 0 Å². The fourth-order valence-electron chi connectivity index (χ4n) is 1.66. The molecule has 2 rings (SSSR count). The second-order valence-electron chi connectivity index (χ2n) is 3.70. The van der Waals surface area contributed by atoms with E-state index in [1.54, 1.807) is 0 Å². The van der Waals surface area contributed by atoms with Crippen molar-refractivity contribution in [2.24, 2.45) is 0 Å². The Labute approximate surface area is 84.8 Å². The van der Waals surface area contributed by atoms with Gasteiger partial charge >= 0.3 is 0 Å². The summed E-state index contributed by atoms with van der Waals surface area (Å²) in [4.78, 5) is 0. The topological polar surface area (TPSA) is 18.5 Å². The Bertz CT molecular complexity index is 271. The molecule has 1 aromatic rings. The Morgan fingerprint density at radius 2 is 2.00 bits per heavy atom. The van der Waals surface area contributed by atoms with Crippen molar-refractivity contribution < 1.29 is 9.47 Å². The normalized spacial score (nSPS) is 28.4. The van der Waals surface area contributed by atoms with Crippen LogP contribution in [-0.2, 0) is 9.47 Å². The molecule has 1 aliphatic rings. The molecular weight excluding hydrogens is 176 g/mol. The van der Waals surface area contributed by atoms with Crippen LogP contribution in [0.1, 0.15) is 31.6 Å². The highest BCUT2D eigenvalue weighted by atomic mass is 16.7. The van der Waals surface area contributed by atoms with Crippen LogP contribution in [0.2, 0.25) is 0 Å². The predicted molar refractivity (Wildman–Crippen MR) is 54.9 cm³/mol. The van der Waals surface area contributed by atoms with Crippen LogP contribution in [0, 0.1) is 0 Å². The molecule has 0 saturated carbocycles. The maximum absolute atomic E-state index is 5.78. The van der Waals surface area contributed by atoms with E-state index in [1.165, 1.54) is 0 Å². The first kappa shape index (κ1) is 9.69. The molecule has 0 N–H and O–H groups in total. The Kier molecular flexibility index (Phi) is 3.17. The maximum atomic E-state index is 5.78. The van der Waals surface area contributed by atoms with Crippen LogP contribution < -0.4 is 0 Å². The standard InChI is InChI=1S/C12H16O2/c1-10-6-5-9-13-12(14-10)11-7-3-2-4-8-11/h2-4,7-8,10,12H,5-6,9H2,1H3. The van der Waals surface area contributed by atoms with Crippen molar-refractivity contribution in [3.05, 3.63) is 35.9 Å². The average molecular weight is 192 g/mol. The van der Waals surface area contributed by atoms with Crippen molar-refractivity contribution in [3.63, 3.8) is 0 Å². The van der Waals surface area contributed by atoms with Gasteiger partial charge in [0.2, 0.25) is 0 Å². The second kappa shape index (κ2) is 4.58. The van der Waals surface area contributed by atoms with E-state index >= 15 is 0 Å². The first-order valence-corrected chi connectivity index (χ1v) is 5.18. The van der Waals surface area contributed by atoms with Crippen molar-refractivity contribution in [1.29, 1.82) is 0 Å². The van der Waals surface area contributed by atoms with Crippen molar-refractivity contribution in [2.45, 2.75) is 32.2 Å². The quantitative estimate of drug-likeness (QED) is 0.681. The highest BCUT2D eigenvalue weighted by Crippen LogP contribution is 2.24. The molecule has 1 aliphatic heterocycles. The van der Waals surface area contributed by atoms with Gasteiger partial charge in [-0.05, 0) is 19.8 Å². The highest BCUT2D eigenvalue weighted by molar-refractivity contribution is 5.16. The number of hydrogen-bond acceptors (Lipinski definition) is 2. The van der Waals surface area contributed by atoms with Crippen LogP contribution >= 0.6 is 0 Å². The molecule has 1 fully saturated rings. The Morgan fingerprint density at radius 3 is 2.79 bits per heavy atom. The Balaban J connectivity index is 2.09. The minimum absolute atomic E-state index is 0.173. The lowest BCUT2D eigenvalue weighted by Crippen LogP contribution is -2.12. The van der Waals surface area contributed by atoms with Gasteiger partial charge < -0.3 is 9.47 Å². The number of benzene rings is 1. The van der Waals surface area contributed by atoms with Crippen molar-refractivity contribution >= 4 is 0 Å². The summed E-state index contributed by atoms with van der Waals surface area (Å²) in [6, 6.07) is 10.1. The first-order valence-electron chi connectivity index (χ1n) is 5.18. The molecule has 2 unspecified atom stereocenters. The summed E-state index contributed by atoms with van der Waals surface area (Å²) < 4.78 is 11.4. The summed E-state index contributed by atoms with van der Waals surface area (Å²) >= 11 is 0. The molecular formula is C12H16O2. The molecule has 0 radical (unpaired) electrons. The number of rotatable bonds is 1. The van der Waals surface area contributed by atoms with Gasteiger partial charge in [0.15, 0.2) is 6.29 Å². The van der Waals surface area contributed by atoms with Gasteiger partial charge in [-0.15, -0.1) is 0 Å². The smallest absolute Gasteiger partial charge is 0.184 e. The molecule has 0 aromatic heterocycles. The van der Waals surface area contributed by atoms with Crippen LogP contribution in [0.5, 0.6) is 0 Å². The van der Waals surface area contributed by atoms with Crippen molar-refractivity contribution in [1.82, 2.24) is 0 Å². The molecule has 0 aliphatic carbocycles. The molecule has 2 atom stereocenters. The number of ether oxygens (including phenoxy) is 2. The molecule has 0 bridgehead atoms. The van der Waals surface area contributed by atoms with E-state index in [4.69, 9.17) is 9.47 Å². The molecule has 1 aromatic carbocycles. The van der Waals surface area contributed by atoms with E-state index in [0.29, 0.717) is 6.10 Å². The third kappa shape index (κ3) is 2.34. The van der Waals surface area contributed by atoms with Crippen LogP contribution in [0.3, 0.4) is 0 Å². The minimum Gasteiger partial charge on any atom is -0.348 e. The molecule has 14 heavy (non-hydrogen) atoms. The van der Waals surface area contributed by atoms with E-state index in [2.05, 4.69) is 6.92 Å². The van der Waals surface area contributed by atoms with E-state index < -0.39 is 0 Å². The van der Waals surface area contributed by atoms with Crippen LogP contribution in [-0.4, -0.2) is 12.7 Å². The van der Waals surface area contributed by atoms with Gasteiger partial charge in [0.1, 0.15) is 0 Å². The summed E-state index contributed by atoms with van der Waals surface area (Å²) in [6.07, 6.45) is 2.30. The predicted octanol–water partition coefficient (Wildman–Crippen LogP) is 2.90. The largest absolute Gasteiger partial charge is 0.348 e. The van der Waals surface area contributed by atoms with Crippen molar-refractivity contribution in [3.8, 4) is 0 Å². The zero-order chi connectivity index (χ0) is 9.80. The van der Waals surface area contributed by atoms with Gasteiger partial charge in [0, 0.05) is 5.56 Å². The third-order valence-electron chi connectivity index (χ3n) is 2.45. The Hall–Kier alpha value is -0.860. The second-order valence-corrected chi connectivity index (χ2v) is 3.70. The van der Waals surface area contributed by atoms with E-state index in [1.807, 2.05) is 30.3 Å². The first-order chi connectivity index (χ1) is 6.86. The van der Waals surface area contributed by atoms with Gasteiger partial charge in [-0.1, -0.05) is 30.3 Å². The molecule has 0 spiro atoms. The molecule has 0 amide bonds. The zero-order valence-electron chi connectivity index (χ0n) is 8.48. The molecule has 1 saturated heterocycles. The van der Waals surface area contributed by atoms with Gasteiger partial charge in [-0.2, -0.15) is 0 Å².